The van der Waals surface area contributed by atoms with Crippen LogP contribution in [-0.2, 0) is 11.2 Å². The molecule has 3 rings (SSSR count). The third-order valence-corrected chi connectivity index (χ3v) is 4.26. The van der Waals surface area contributed by atoms with Gasteiger partial charge < -0.3 is 4.52 Å². The Hall–Kier alpha value is -2.71. The minimum atomic E-state index is -0.489. The first-order chi connectivity index (χ1) is 12.1. The second kappa shape index (κ2) is 7.91. The van der Waals surface area contributed by atoms with Crippen LogP contribution in [0.1, 0.15) is 22.7 Å². The molecular formula is C16H13ClN4O3S. The molecule has 9 heteroatoms. The molecule has 0 saturated carbocycles. The summed E-state index contributed by atoms with van der Waals surface area (Å²) in [5.74, 6) is -0.0235. The molecule has 2 heterocycles. The van der Waals surface area contributed by atoms with Crippen molar-refractivity contribution < 1.29 is 14.1 Å². The summed E-state index contributed by atoms with van der Waals surface area (Å²) in [5, 5.41) is 8.00. The molecule has 25 heavy (non-hydrogen) atoms. The fourth-order valence-electron chi connectivity index (χ4n) is 1.99. The number of hydrogen-bond acceptors (Lipinski definition) is 6. The van der Waals surface area contributed by atoms with Crippen molar-refractivity contribution in [3.8, 4) is 11.4 Å². The number of rotatable bonds is 5. The fourth-order valence-corrected chi connectivity index (χ4v) is 2.84. The number of halogens is 1. The highest BCUT2D eigenvalue weighted by atomic mass is 35.5. The van der Waals surface area contributed by atoms with E-state index in [1.54, 1.807) is 24.3 Å². The standard InChI is InChI=1S/C16H13ClN4O3S/c17-12-4-2-1-3-11(12)16(23)20-19-13(22)5-6-14-18-15(21-24-14)10-7-8-25-9-10/h1-4,7-9H,5-6H2,(H,19,22)(H,20,23). The summed E-state index contributed by atoms with van der Waals surface area (Å²) in [6.07, 6.45) is 0.360. The number of hydrazine groups is 1. The Kier molecular flexibility index (Phi) is 5.42. The average molecular weight is 377 g/mol. The Bertz CT molecular complexity index is 879. The van der Waals surface area contributed by atoms with Gasteiger partial charge in [-0.25, -0.2) is 0 Å². The van der Waals surface area contributed by atoms with Crippen molar-refractivity contribution in [3.63, 3.8) is 0 Å². The lowest BCUT2D eigenvalue weighted by atomic mass is 10.2. The molecule has 0 fully saturated rings. The van der Waals surface area contributed by atoms with Gasteiger partial charge in [0.2, 0.25) is 17.6 Å². The molecule has 0 atom stereocenters. The minimum absolute atomic E-state index is 0.0913. The maximum absolute atomic E-state index is 11.9. The topological polar surface area (TPSA) is 97.1 Å². The van der Waals surface area contributed by atoms with Crippen LogP contribution in [-0.4, -0.2) is 22.0 Å². The third kappa shape index (κ3) is 4.43. The number of aromatic nitrogens is 2. The van der Waals surface area contributed by atoms with Gasteiger partial charge in [0.25, 0.3) is 5.91 Å². The number of nitrogens with zero attached hydrogens (tertiary/aromatic N) is 2. The summed E-state index contributed by atoms with van der Waals surface area (Å²) < 4.78 is 5.11. The molecule has 0 bridgehead atoms. The molecule has 0 radical (unpaired) electrons. The zero-order valence-corrected chi connectivity index (χ0v) is 14.4. The van der Waals surface area contributed by atoms with Crippen molar-refractivity contribution in [1.82, 2.24) is 21.0 Å². The molecule has 0 aliphatic heterocycles. The van der Waals surface area contributed by atoms with Crippen molar-refractivity contribution in [2.45, 2.75) is 12.8 Å². The molecule has 0 saturated heterocycles. The number of amides is 2. The van der Waals surface area contributed by atoms with Crippen LogP contribution in [0.25, 0.3) is 11.4 Å². The van der Waals surface area contributed by atoms with Gasteiger partial charge in [0, 0.05) is 23.8 Å². The molecule has 0 unspecified atom stereocenters. The van der Waals surface area contributed by atoms with Gasteiger partial charge in [0.1, 0.15) is 0 Å². The summed E-state index contributed by atoms with van der Waals surface area (Å²) in [5.41, 5.74) is 5.79. The van der Waals surface area contributed by atoms with Crippen LogP contribution in [0.5, 0.6) is 0 Å². The van der Waals surface area contributed by atoms with Crippen LogP contribution in [0.3, 0.4) is 0 Å². The molecule has 1 aromatic carbocycles. The van der Waals surface area contributed by atoms with Gasteiger partial charge in [-0.15, -0.1) is 0 Å². The predicted molar refractivity (Wildman–Crippen MR) is 93.0 cm³/mol. The van der Waals surface area contributed by atoms with Crippen LogP contribution in [0.15, 0.2) is 45.6 Å². The van der Waals surface area contributed by atoms with Crippen LogP contribution in [0.4, 0.5) is 0 Å². The SMILES string of the molecule is O=C(CCc1nc(-c2ccsc2)no1)NNC(=O)c1ccccc1Cl. The first-order valence-corrected chi connectivity index (χ1v) is 8.64. The van der Waals surface area contributed by atoms with Crippen LogP contribution >= 0.6 is 22.9 Å². The number of carbonyl (C=O) groups is 2. The summed E-state index contributed by atoms with van der Waals surface area (Å²) >= 11 is 7.45. The summed E-state index contributed by atoms with van der Waals surface area (Å²) in [7, 11) is 0. The van der Waals surface area contributed by atoms with Gasteiger partial charge in [0.05, 0.1) is 10.6 Å². The Morgan fingerprint density at radius 1 is 1.20 bits per heavy atom. The van der Waals surface area contributed by atoms with Crippen LogP contribution in [0, 0.1) is 0 Å². The lowest BCUT2D eigenvalue weighted by Crippen LogP contribution is -2.41. The van der Waals surface area contributed by atoms with Gasteiger partial charge in [-0.3, -0.25) is 20.4 Å². The van der Waals surface area contributed by atoms with Crippen molar-refractivity contribution in [1.29, 1.82) is 0 Å². The van der Waals surface area contributed by atoms with Crippen LogP contribution in [0.2, 0.25) is 5.02 Å². The monoisotopic (exact) mass is 376 g/mol. The van der Waals surface area contributed by atoms with Gasteiger partial charge in [0.15, 0.2) is 0 Å². The lowest BCUT2D eigenvalue weighted by molar-refractivity contribution is -0.121. The van der Waals surface area contributed by atoms with Crippen molar-refractivity contribution in [2.75, 3.05) is 0 Å². The van der Waals surface area contributed by atoms with Gasteiger partial charge in [-0.05, 0) is 23.6 Å². The molecule has 3 aromatic rings. The maximum Gasteiger partial charge on any atom is 0.271 e. The molecule has 0 spiro atoms. The normalized spacial score (nSPS) is 10.4. The molecule has 7 nitrogen and oxygen atoms in total. The number of aryl methyl sites for hydroxylation is 1. The summed E-state index contributed by atoms with van der Waals surface area (Å²) in [6.45, 7) is 0. The van der Waals surface area contributed by atoms with E-state index < -0.39 is 5.91 Å². The quantitative estimate of drug-likeness (QED) is 0.667. The van der Waals surface area contributed by atoms with E-state index in [1.165, 1.54) is 11.3 Å². The zero-order chi connectivity index (χ0) is 17.6. The average Bonchev–Trinajstić information content (AvgIpc) is 3.29. The van der Waals surface area contributed by atoms with Gasteiger partial charge in [-0.1, -0.05) is 28.9 Å². The molecule has 0 aliphatic rings. The van der Waals surface area contributed by atoms with E-state index in [9.17, 15) is 9.59 Å². The third-order valence-electron chi connectivity index (χ3n) is 3.25. The predicted octanol–water partition coefficient (Wildman–Crippen LogP) is 2.85. The molecule has 0 aliphatic carbocycles. The molecule has 128 valence electrons. The van der Waals surface area contributed by atoms with Crippen molar-refractivity contribution in [3.05, 3.63) is 57.6 Å². The van der Waals surface area contributed by atoms with E-state index in [1.807, 2.05) is 16.8 Å². The summed E-state index contributed by atoms with van der Waals surface area (Å²) in [6, 6.07) is 8.44. The van der Waals surface area contributed by atoms with E-state index in [-0.39, 0.29) is 24.3 Å². The molecule has 2 amide bonds. The Labute approximate surface area is 152 Å². The first-order valence-electron chi connectivity index (χ1n) is 7.32. The van der Waals surface area contributed by atoms with E-state index in [0.29, 0.717) is 16.7 Å². The number of nitrogens with one attached hydrogen (secondary N) is 2. The molecular weight excluding hydrogens is 364 g/mol. The number of carbonyl (C=O) groups excluding carboxylic acids is 2. The largest absolute Gasteiger partial charge is 0.339 e. The van der Waals surface area contributed by atoms with E-state index in [0.717, 1.165) is 5.56 Å². The smallest absolute Gasteiger partial charge is 0.271 e. The fraction of sp³-hybridized carbons (Fsp3) is 0.125. The minimum Gasteiger partial charge on any atom is -0.339 e. The van der Waals surface area contributed by atoms with E-state index in [4.69, 9.17) is 16.1 Å². The Morgan fingerprint density at radius 3 is 2.80 bits per heavy atom. The van der Waals surface area contributed by atoms with Crippen LogP contribution < -0.4 is 10.9 Å². The maximum atomic E-state index is 11.9. The molecule has 2 aromatic heterocycles. The van der Waals surface area contributed by atoms with E-state index >= 15 is 0 Å². The number of thiophene rings is 1. The molecule has 2 N–H and O–H groups in total. The Morgan fingerprint density at radius 2 is 2.04 bits per heavy atom. The number of benzene rings is 1. The van der Waals surface area contributed by atoms with Crippen molar-refractivity contribution >= 4 is 34.8 Å². The van der Waals surface area contributed by atoms with Crippen molar-refractivity contribution in [2.24, 2.45) is 0 Å². The zero-order valence-electron chi connectivity index (χ0n) is 12.9. The Balaban J connectivity index is 1.47. The van der Waals surface area contributed by atoms with Gasteiger partial charge >= 0.3 is 0 Å². The number of hydrogen-bond donors (Lipinski definition) is 2. The lowest BCUT2D eigenvalue weighted by Gasteiger charge is -2.07. The second-order valence-electron chi connectivity index (χ2n) is 5.01. The highest BCUT2D eigenvalue weighted by molar-refractivity contribution is 7.08. The second-order valence-corrected chi connectivity index (χ2v) is 6.19. The van der Waals surface area contributed by atoms with Gasteiger partial charge in [-0.2, -0.15) is 16.3 Å². The summed E-state index contributed by atoms with van der Waals surface area (Å²) in [4.78, 5) is 28.0. The highest BCUT2D eigenvalue weighted by Gasteiger charge is 2.13. The highest BCUT2D eigenvalue weighted by Crippen LogP contribution is 2.19. The first kappa shape index (κ1) is 17.1. The van der Waals surface area contributed by atoms with E-state index in [2.05, 4.69) is 21.0 Å².